The zero-order valence-corrected chi connectivity index (χ0v) is 13.0. The van der Waals surface area contributed by atoms with Gasteiger partial charge < -0.3 is 15.2 Å². The average molecular weight is 306 g/mol. The number of halogens is 1. The van der Waals surface area contributed by atoms with Crippen molar-refractivity contribution < 1.29 is 9.84 Å². The first kappa shape index (κ1) is 15.7. The summed E-state index contributed by atoms with van der Waals surface area (Å²) in [4.78, 5) is 0. The Morgan fingerprint density at radius 3 is 2.62 bits per heavy atom. The van der Waals surface area contributed by atoms with Crippen molar-refractivity contribution in [2.75, 3.05) is 7.11 Å². The van der Waals surface area contributed by atoms with Crippen LogP contribution in [-0.2, 0) is 6.54 Å². The summed E-state index contributed by atoms with van der Waals surface area (Å²) < 4.78 is 5.35. The number of hydrogen-bond donors (Lipinski definition) is 2. The quantitative estimate of drug-likeness (QED) is 0.836. The van der Waals surface area contributed by atoms with Gasteiger partial charge in [-0.25, -0.2) is 0 Å². The minimum atomic E-state index is 0.0622. The van der Waals surface area contributed by atoms with E-state index in [1.54, 1.807) is 13.2 Å². The average Bonchev–Trinajstić information content (AvgIpc) is 2.50. The lowest BCUT2D eigenvalue weighted by Crippen LogP contribution is -2.21. The highest BCUT2D eigenvalue weighted by atomic mass is 35.5. The topological polar surface area (TPSA) is 41.5 Å². The number of phenols is 1. The lowest BCUT2D eigenvalue weighted by atomic mass is 10.0. The first-order valence-corrected chi connectivity index (χ1v) is 7.37. The third-order valence-electron chi connectivity index (χ3n) is 3.54. The van der Waals surface area contributed by atoms with Crippen LogP contribution >= 0.6 is 11.6 Å². The van der Waals surface area contributed by atoms with Crippen LogP contribution in [0.5, 0.6) is 11.5 Å². The number of hydrogen-bond acceptors (Lipinski definition) is 3. The standard InChI is InChI=1S/C17H20ClNO2/c1-3-15(12-7-4-5-9-16(12)20)19-11-13-14(18)8-6-10-17(13)21-2/h4-10,15,19-20H,3,11H2,1-2H3. The Labute approximate surface area is 130 Å². The second-order valence-corrected chi connectivity index (χ2v) is 5.23. The molecule has 21 heavy (non-hydrogen) atoms. The number of para-hydroxylation sites is 1. The number of methoxy groups -OCH3 is 1. The molecule has 1 unspecified atom stereocenters. The van der Waals surface area contributed by atoms with Crippen molar-refractivity contribution in [2.45, 2.75) is 25.9 Å². The molecule has 0 spiro atoms. The van der Waals surface area contributed by atoms with E-state index in [1.807, 2.05) is 36.4 Å². The highest BCUT2D eigenvalue weighted by Gasteiger charge is 2.14. The fraction of sp³-hybridized carbons (Fsp3) is 0.294. The zero-order valence-electron chi connectivity index (χ0n) is 12.3. The van der Waals surface area contributed by atoms with Crippen molar-refractivity contribution in [3.8, 4) is 11.5 Å². The SMILES string of the molecule is CCC(NCc1c(Cl)cccc1OC)c1ccccc1O. The number of ether oxygens (including phenoxy) is 1. The molecule has 2 aromatic carbocycles. The summed E-state index contributed by atoms with van der Waals surface area (Å²) >= 11 is 6.24. The van der Waals surface area contributed by atoms with Crippen LogP contribution in [0.4, 0.5) is 0 Å². The Kier molecular flexibility index (Phi) is 5.48. The van der Waals surface area contributed by atoms with Gasteiger partial charge in [-0.2, -0.15) is 0 Å². The second kappa shape index (κ2) is 7.34. The molecule has 0 heterocycles. The third-order valence-corrected chi connectivity index (χ3v) is 3.90. The van der Waals surface area contributed by atoms with Gasteiger partial charge in [0.05, 0.1) is 7.11 Å². The van der Waals surface area contributed by atoms with Crippen LogP contribution in [0.3, 0.4) is 0 Å². The molecule has 4 heteroatoms. The predicted octanol–water partition coefficient (Wildman–Crippen LogP) is 4.30. The maximum absolute atomic E-state index is 9.97. The molecule has 0 amide bonds. The van der Waals surface area contributed by atoms with Crippen LogP contribution in [0, 0.1) is 0 Å². The molecule has 0 aliphatic heterocycles. The highest BCUT2D eigenvalue weighted by Crippen LogP contribution is 2.29. The Balaban J connectivity index is 2.16. The molecule has 1 atom stereocenters. The fourth-order valence-corrected chi connectivity index (χ4v) is 2.62. The Morgan fingerprint density at radius 2 is 1.95 bits per heavy atom. The van der Waals surface area contributed by atoms with Gasteiger partial charge in [0.15, 0.2) is 0 Å². The summed E-state index contributed by atoms with van der Waals surface area (Å²) in [5.74, 6) is 1.07. The van der Waals surface area contributed by atoms with Gasteiger partial charge in [0.2, 0.25) is 0 Å². The van der Waals surface area contributed by atoms with Gasteiger partial charge in [0.1, 0.15) is 11.5 Å². The molecule has 0 aliphatic rings. The number of benzene rings is 2. The van der Waals surface area contributed by atoms with E-state index in [0.717, 1.165) is 23.3 Å². The van der Waals surface area contributed by atoms with E-state index in [-0.39, 0.29) is 6.04 Å². The van der Waals surface area contributed by atoms with E-state index >= 15 is 0 Å². The van der Waals surface area contributed by atoms with Crippen molar-refractivity contribution in [3.63, 3.8) is 0 Å². The number of rotatable bonds is 6. The van der Waals surface area contributed by atoms with Gasteiger partial charge in [-0.15, -0.1) is 0 Å². The minimum Gasteiger partial charge on any atom is -0.508 e. The summed E-state index contributed by atoms with van der Waals surface area (Å²) in [5.41, 5.74) is 1.82. The fourth-order valence-electron chi connectivity index (χ4n) is 2.38. The third kappa shape index (κ3) is 3.69. The molecule has 112 valence electrons. The van der Waals surface area contributed by atoms with E-state index in [1.165, 1.54) is 0 Å². The van der Waals surface area contributed by atoms with Crippen LogP contribution in [-0.4, -0.2) is 12.2 Å². The van der Waals surface area contributed by atoms with Gasteiger partial charge in [-0.3, -0.25) is 0 Å². The molecule has 2 N–H and O–H groups in total. The molecule has 0 aromatic heterocycles. The smallest absolute Gasteiger partial charge is 0.124 e. The van der Waals surface area contributed by atoms with Crippen molar-refractivity contribution in [2.24, 2.45) is 0 Å². The van der Waals surface area contributed by atoms with Crippen LogP contribution in [0.2, 0.25) is 5.02 Å². The van der Waals surface area contributed by atoms with Crippen LogP contribution in [0.1, 0.15) is 30.5 Å². The summed E-state index contributed by atoms with van der Waals surface area (Å²) in [6.45, 7) is 2.66. The number of nitrogens with one attached hydrogen (secondary N) is 1. The molecule has 2 rings (SSSR count). The number of aromatic hydroxyl groups is 1. The normalized spacial score (nSPS) is 12.1. The van der Waals surface area contributed by atoms with Crippen molar-refractivity contribution >= 4 is 11.6 Å². The summed E-state index contributed by atoms with van der Waals surface area (Å²) in [6, 6.07) is 13.1. The molecule has 0 fully saturated rings. The second-order valence-electron chi connectivity index (χ2n) is 4.82. The Bertz CT molecular complexity index is 601. The Hall–Kier alpha value is -1.71. The van der Waals surface area contributed by atoms with E-state index in [0.29, 0.717) is 17.3 Å². The van der Waals surface area contributed by atoms with Crippen molar-refractivity contribution in [1.29, 1.82) is 0 Å². The van der Waals surface area contributed by atoms with Gasteiger partial charge in [0.25, 0.3) is 0 Å². The molecule has 0 bridgehead atoms. The summed E-state index contributed by atoms with van der Waals surface area (Å²) in [6.07, 6.45) is 0.865. The van der Waals surface area contributed by atoms with Gasteiger partial charge >= 0.3 is 0 Å². The largest absolute Gasteiger partial charge is 0.508 e. The Morgan fingerprint density at radius 1 is 1.19 bits per heavy atom. The summed E-state index contributed by atoms with van der Waals surface area (Å²) in [5, 5.41) is 14.1. The molecule has 2 aromatic rings. The lowest BCUT2D eigenvalue weighted by Gasteiger charge is -2.20. The minimum absolute atomic E-state index is 0.0622. The highest BCUT2D eigenvalue weighted by molar-refractivity contribution is 6.31. The molecular weight excluding hydrogens is 286 g/mol. The van der Waals surface area contributed by atoms with E-state index in [4.69, 9.17) is 16.3 Å². The number of phenolic OH excluding ortho intramolecular Hbond substituents is 1. The lowest BCUT2D eigenvalue weighted by molar-refractivity contribution is 0.402. The zero-order chi connectivity index (χ0) is 15.2. The van der Waals surface area contributed by atoms with E-state index in [9.17, 15) is 5.11 Å². The summed E-state index contributed by atoms with van der Waals surface area (Å²) in [7, 11) is 1.63. The first-order valence-electron chi connectivity index (χ1n) is 7.00. The van der Waals surface area contributed by atoms with Gasteiger partial charge in [-0.1, -0.05) is 42.8 Å². The maximum atomic E-state index is 9.97. The predicted molar refractivity (Wildman–Crippen MR) is 86.0 cm³/mol. The monoisotopic (exact) mass is 305 g/mol. The first-order chi connectivity index (χ1) is 10.2. The molecule has 3 nitrogen and oxygen atoms in total. The van der Waals surface area contributed by atoms with Crippen LogP contribution < -0.4 is 10.1 Å². The van der Waals surface area contributed by atoms with Crippen LogP contribution in [0.25, 0.3) is 0 Å². The van der Waals surface area contributed by atoms with E-state index in [2.05, 4.69) is 12.2 Å². The van der Waals surface area contributed by atoms with Crippen molar-refractivity contribution in [3.05, 3.63) is 58.6 Å². The molecule has 0 aliphatic carbocycles. The molecule has 0 radical (unpaired) electrons. The van der Waals surface area contributed by atoms with Gasteiger partial charge in [0, 0.05) is 28.7 Å². The van der Waals surface area contributed by atoms with Crippen molar-refractivity contribution in [1.82, 2.24) is 5.32 Å². The van der Waals surface area contributed by atoms with Crippen LogP contribution in [0.15, 0.2) is 42.5 Å². The molecule has 0 saturated carbocycles. The molecule has 0 saturated heterocycles. The van der Waals surface area contributed by atoms with Gasteiger partial charge in [-0.05, 0) is 24.6 Å². The molecular formula is C17H20ClNO2. The van der Waals surface area contributed by atoms with E-state index < -0.39 is 0 Å². The maximum Gasteiger partial charge on any atom is 0.124 e.